The van der Waals surface area contributed by atoms with Crippen molar-refractivity contribution in [2.24, 2.45) is 0 Å². The lowest BCUT2D eigenvalue weighted by Gasteiger charge is -2.09. The highest BCUT2D eigenvalue weighted by Gasteiger charge is 2.13. The Balaban J connectivity index is 1.25. The van der Waals surface area contributed by atoms with E-state index in [2.05, 4.69) is 12.1 Å². The molecular formula is C28H31NO5. The molecule has 0 aliphatic rings. The first kappa shape index (κ1) is 23.6. The molecule has 1 aromatic heterocycles. The zero-order valence-corrected chi connectivity index (χ0v) is 19.8. The molecule has 4 rings (SSSR count). The Morgan fingerprint density at radius 1 is 0.765 bits per heavy atom. The van der Waals surface area contributed by atoms with E-state index < -0.39 is 0 Å². The molecule has 0 atom stereocenters. The largest absolute Gasteiger partial charge is 0.494 e. The maximum absolute atomic E-state index is 11.6. The molecular weight excluding hydrogens is 430 g/mol. The van der Waals surface area contributed by atoms with Crippen LogP contribution < -0.4 is 14.3 Å². The van der Waals surface area contributed by atoms with Gasteiger partial charge in [0.05, 0.1) is 30.9 Å². The van der Waals surface area contributed by atoms with Crippen LogP contribution in [0.15, 0.2) is 66.7 Å². The Morgan fingerprint density at radius 2 is 1.44 bits per heavy atom. The van der Waals surface area contributed by atoms with E-state index in [9.17, 15) is 4.79 Å². The number of aromatic nitrogens is 1. The lowest BCUT2D eigenvalue weighted by molar-refractivity contribution is -0.140. The van der Waals surface area contributed by atoms with Crippen LogP contribution in [0.3, 0.4) is 0 Å². The van der Waals surface area contributed by atoms with Gasteiger partial charge < -0.3 is 19.0 Å². The van der Waals surface area contributed by atoms with Gasteiger partial charge in [-0.05, 0) is 61.6 Å². The molecule has 6 heteroatoms. The molecule has 6 nitrogen and oxygen atoms in total. The Hall–Kier alpha value is -3.51. The van der Waals surface area contributed by atoms with Gasteiger partial charge in [-0.25, -0.2) is 4.79 Å². The van der Waals surface area contributed by atoms with E-state index in [0.717, 1.165) is 65.6 Å². The standard InChI is InChI=1S/C28H31NO5/c1-21(30)34-29-27-9-5-4-8-25(27)26-15-14-24(20-28(26)29)33-18-7-3-6-17-32-23-12-10-22(11-13-23)16-19-31-2/h4-5,8-15,20H,3,6-7,16-19H2,1-2H3. The lowest BCUT2D eigenvalue weighted by Crippen LogP contribution is -2.15. The Kier molecular flexibility index (Phi) is 8.04. The Morgan fingerprint density at radius 3 is 2.18 bits per heavy atom. The summed E-state index contributed by atoms with van der Waals surface area (Å²) in [7, 11) is 1.71. The highest BCUT2D eigenvalue weighted by atomic mass is 16.7. The van der Waals surface area contributed by atoms with Crippen LogP contribution in [0, 0.1) is 0 Å². The SMILES string of the molecule is COCCc1ccc(OCCCCCOc2ccc3c4ccccc4n(OC(C)=O)c3c2)cc1. The highest BCUT2D eigenvalue weighted by molar-refractivity contribution is 6.08. The summed E-state index contributed by atoms with van der Waals surface area (Å²) >= 11 is 0. The van der Waals surface area contributed by atoms with Crippen molar-refractivity contribution in [1.82, 2.24) is 4.73 Å². The van der Waals surface area contributed by atoms with Crippen LogP contribution >= 0.6 is 0 Å². The lowest BCUT2D eigenvalue weighted by atomic mass is 10.1. The fraction of sp³-hybridized carbons (Fsp3) is 0.321. The van der Waals surface area contributed by atoms with Gasteiger partial charge in [0.15, 0.2) is 0 Å². The second-order valence-corrected chi connectivity index (χ2v) is 8.22. The smallest absolute Gasteiger partial charge is 0.329 e. The van der Waals surface area contributed by atoms with Gasteiger partial charge in [-0.15, -0.1) is 0 Å². The molecule has 0 spiro atoms. The van der Waals surface area contributed by atoms with Gasteiger partial charge >= 0.3 is 5.97 Å². The van der Waals surface area contributed by atoms with Crippen molar-refractivity contribution < 1.29 is 23.8 Å². The molecule has 0 fully saturated rings. The quantitative estimate of drug-likeness (QED) is 0.258. The fourth-order valence-electron chi connectivity index (χ4n) is 3.97. The molecule has 1 heterocycles. The molecule has 3 aromatic carbocycles. The average molecular weight is 462 g/mol. The van der Waals surface area contributed by atoms with Crippen LogP contribution in [0.2, 0.25) is 0 Å². The van der Waals surface area contributed by atoms with Gasteiger partial charge in [0.25, 0.3) is 0 Å². The molecule has 0 radical (unpaired) electrons. The van der Waals surface area contributed by atoms with Crippen LogP contribution in [-0.4, -0.2) is 37.6 Å². The van der Waals surface area contributed by atoms with Crippen molar-refractivity contribution in [2.75, 3.05) is 26.9 Å². The predicted octanol–water partition coefficient (Wildman–Crippen LogP) is 5.59. The number of para-hydroxylation sites is 1. The summed E-state index contributed by atoms with van der Waals surface area (Å²) in [6.07, 6.45) is 3.83. The van der Waals surface area contributed by atoms with Crippen molar-refractivity contribution in [3.8, 4) is 11.5 Å². The van der Waals surface area contributed by atoms with Gasteiger partial charge in [0.1, 0.15) is 11.5 Å². The number of unbranched alkanes of at least 4 members (excludes halogenated alkanes) is 2. The summed E-state index contributed by atoms with van der Waals surface area (Å²) in [5.74, 6) is 1.29. The zero-order chi connectivity index (χ0) is 23.8. The van der Waals surface area contributed by atoms with Crippen molar-refractivity contribution >= 4 is 27.8 Å². The minimum absolute atomic E-state index is 0.363. The number of ether oxygens (including phenoxy) is 3. The Labute approximate surface area is 199 Å². The topological polar surface area (TPSA) is 58.9 Å². The van der Waals surface area contributed by atoms with E-state index >= 15 is 0 Å². The minimum atomic E-state index is -0.363. The van der Waals surface area contributed by atoms with Crippen LogP contribution in [-0.2, 0) is 16.0 Å². The van der Waals surface area contributed by atoms with E-state index in [1.165, 1.54) is 12.5 Å². The molecule has 4 aromatic rings. The molecule has 0 N–H and O–H groups in total. The van der Waals surface area contributed by atoms with Crippen LogP contribution in [0.4, 0.5) is 0 Å². The molecule has 0 bridgehead atoms. The van der Waals surface area contributed by atoms with Crippen molar-refractivity contribution in [1.29, 1.82) is 0 Å². The first-order valence-corrected chi connectivity index (χ1v) is 11.7. The molecule has 0 amide bonds. The maximum atomic E-state index is 11.6. The number of hydrogen-bond donors (Lipinski definition) is 0. The van der Waals surface area contributed by atoms with Gasteiger partial charge in [0.2, 0.25) is 0 Å². The average Bonchev–Trinajstić information content (AvgIpc) is 3.15. The highest BCUT2D eigenvalue weighted by Crippen LogP contribution is 2.31. The van der Waals surface area contributed by atoms with E-state index in [0.29, 0.717) is 13.2 Å². The second-order valence-electron chi connectivity index (χ2n) is 8.22. The molecule has 0 saturated carbocycles. The van der Waals surface area contributed by atoms with Crippen molar-refractivity contribution in [3.63, 3.8) is 0 Å². The van der Waals surface area contributed by atoms with E-state index in [1.54, 1.807) is 11.8 Å². The van der Waals surface area contributed by atoms with Gasteiger partial charge in [0, 0.05) is 30.9 Å². The minimum Gasteiger partial charge on any atom is -0.494 e. The van der Waals surface area contributed by atoms with E-state index in [-0.39, 0.29) is 5.97 Å². The number of methoxy groups -OCH3 is 1. The number of rotatable bonds is 12. The third-order valence-electron chi connectivity index (χ3n) is 5.67. The summed E-state index contributed by atoms with van der Waals surface area (Å²) < 4.78 is 18.5. The van der Waals surface area contributed by atoms with Gasteiger partial charge in [-0.1, -0.05) is 30.3 Å². The van der Waals surface area contributed by atoms with Crippen LogP contribution in [0.5, 0.6) is 11.5 Å². The normalized spacial score (nSPS) is 11.1. The molecule has 178 valence electrons. The van der Waals surface area contributed by atoms with Crippen LogP contribution in [0.25, 0.3) is 21.8 Å². The number of carbonyl (C=O) groups excluding carboxylic acids is 1. The number of benzene rings is 3. The summed E-state index contributed by atoms with van der Waals surface area (Å²) in [4.78, 5) is 17.1. The fourth-order valence-corrected chi connectivity index (χ4v) is 3.97. The summed E-state index contributed by atoms with van der Waals surface area (Å²) in [6.45, 7) is 3.44. The first-order valence-electron chi connectivity index (χ1n) is 11.7. The Bertz CT molecular complexity index is 1230. The van der Waals surface area contributed by atoms with Crippen molar-refractivity contribution in [3.05, 3.63) is 72.3 Å². The van der Waals surface area contributed by atoms with Crippen LogP contribution in [0.1, 0.15) is 31.7 Å². The number of hydrogen-bond acceptors (Lipinski definition) is 5. The summed E-state index contributed by atoms with van der Waals surface area (Å²) in [5.41, 5.74) is 2.92. The summed E-state index contributed by atoms with van der Waals surface area (Å²) in [5, 5.41) is 2.06. The zero-order valence-electron chi connectivity index (χ0n) is 19.8. The second kappa shape index (κ2) is 11.6. The molecule has 0 aliphatic carbocycles. The molecule has 34 heavy (non-hydrogen) atoms. The number of nitrogens with zero attached hydrogens (tertiary/aromatic N) is 1. The summed E-state index contributed by atoms with van der Waals surface area (Å²) in [6, 6.07) is 22.0. The number of carbonyl (C=O) groups is 1. The maximum Gasteiger partial charge on any atom is 0.329 e. The number of fused-ring (bicyclic) bond motifs is 3. The third kappa shape index (κ3) is 5.88. The van der Waals surface area contributed by atoms with Crippen molar-refractivity contribution in [2.45, 2.75) is 32.6 Å². The predicted molar refractivity (Wildman–Crippen MR) is 134 cm³/mol. The first-order chi connectivity index (χ1) is 16.7. The third-order valence-corrected chi connectivity index (χ3v) is 5.67. The van der Waals surface area contributed by atoms with E-state index in [1.807, 2.05) is 54.6 Å². The molecule has 0 aliphatic heterocycles. The van der Waals surface area contributed by atoms with Gasteiger partial charge in [-0.2, -0.15) is 4.73 Å². The molecule has 0 saturated heterocycles. The monoisotopic (exact) mass is 461 g/mol. The van der Waals surface area contributed by atoms with E-state index in [4.69, 9.17) is 19.0 Å². The molecule has 0 unspecified atom stereocenters. The van der Waals surface area contributed by atoms with Gasteiger partial charge in [-0.3, -0.25) is 0 Å².